The molecule has 10 nitrogen and oxygen atoms in total. The number of furan rings is 1. The monoisotopic (exact) mass is 485 g/mol. The molecule has 3 heterocycles. The zero-order valence-corrected chi connectivity index (χ0v) is 18.6. The number of carbonyl (C=O) groups is 1. The average Bonchev–Trinajstić information content (AvgIpc) is 3.53. The van der Waals surface area contributed by atoms with Gasteiger partial charge in [-0.2, -0.15) is 0 Å². The molecule has 35 heavy (non-hydrogen) atoms. The number of aromatic hydroxyl groups is 1. The van der Waals surface area contributed by atoms with Crippen LogP contribution >= 0.6 is 11.3 Å². The maximum Gasteiger partial charge on any atom is 0.433 e. The number of benzene rings is 2. The molecule has 3 aromatic heterocycles. The number of carbonyl (C=O) groups excluding carboxylic acids is 1. The highest BCUT2D eigenvalue weighted by atomic mass is 32.1. The number of aromatic nitrogens is 3. The van der Waals surface area contributed by atoms with Crippen LogP contribution in [0.1, 0.15) is 21.4 Å². The molecule has 2 N–H and O–H groups in total. The Morgan fingerprint density at radius 3 is 2.63 bits per heavy atom. The number of thiazole rings is 1. The Labute approximate surface area is 201 Å². The topological polar surface area (TPSA) is 144 Å². The van der Waals surface area contributed by atoms with Gasteiger partial charge in [0.25, 0.3) is 5.91 Å². The highest BCUT2D eigenvalue weighted by Gasteiger charge is 2.17. The summed E-state index contributed by atoms with van der Waals surface area (Å²) in [6.45, 7) is 0. The third-order valence-corrected chi connectivity index (χ3v) is 5.76. The van der Waals surface area contributed by atoms with Crippen LogP contribution in [0.3, 0.4) is 0 Å². The van der Waals surface area contributed by atoms with Gasteiger partial charge in [0.2, 0.25) is 0 Å². The molecule has 0 aliphatic heterocycles. The zero-order chi connectivity index (χ0) is 24.4. The summed E-state index contributed by atoms with van der Waals surface area (Å²) in [6, 6.07) is 16.6. The second kappa shape index (κ2) is 9.15. The molecule has 0 aliphatic rings. The highest BCUT2D eigenvalue weighted by molar-refractivity contribution is 7.12. The minimum Gasteiger partial charge on any atom is -0.507 e. The fraction of sp³-hybridized carbons (Fsp3) is 0. The molecule has 5 aromatic rings. The molecule has 1 amide bonds. The van der Waals surface area contributed by atoms with Crippen molar-refractivity contribution in [3.05, 3.63) is 92.8 Å². The smallest absolute Gasteiger partial charge is 0.433 e. The van der Waals surface area contributed by atoms with Crippen molar-refractivity contribution in [1.29, 1.82) is 0 Å². The van der Waals surface area contributed by atoms with Crippen molar-refractivity contribution in [3.8, 4) is 17.0 Å². The third kappa shape index (κ3) is 4.61. The summed E-state index contributed by atoms with van der Waals surface area (Å²) in [5, 5.41) is 26.2. The lowest BCUT2D eigenvalue weighted by Crippen LogP contribution is -2.14. The quantitative estimate of drug-likeness (QED) is 0.241. The highest BCUT2D eigenvalue weighted by Crippen LogP contribution is 2.30. The van der Waals surface area contributed by atoms with Gasteiger partial charge in [-0.1, -0.05) is 24.3 Å². The predicted octanol–water partition coefficient (Wildman–Crippen LogP) is 5.38. The number of phenolic OH excluding ortho intramolecular Hbond substituents is 1. The normalized spacial score (nSPS) is 11.2. The molecular weight excluding hydrogens is 470 g/mol. The lowest BCUT2D eigenvalue weighted by molar-refractivity contribution is -0.402. The molecule has 2 aromatic carbocycles. The maximum absolute atomic E-state index is 13.0. The van der Waals surface area contributed by atoms with Crippen LogP contribution in [0.5, 0.6) is 5.75 Å². The van der Waals surface area contributed by atoms with Gasteiger partial charge in [-0.3, -0.25) is 14.9 Å². The molecule has 11 heteroatoms. The number of nitrogens with one attached hydrogen (secondary N) is 1. The summed E-state index contributed by atoms with van der Waals surface area (Å²) < 4.78 is 5.12. The Bertz CT molecular complexity index is 1610. The average molecular weight is 485 g/mol. The maximum atomic E-state index is 13.0. The van der Waals surface area contributed by atoms with E-state index < -0.39 is 10.8 Å². The van der Waals surface area contributed by atoms with E-state index in [0.717, 1.165) is 11.3 Å². The van der Waals surface area contributed by atoms with Crippen LogP contribution in [0.4, 0.5) is 11.7 Å². The van der Waals surface area contributed by atoms with E-state index >= 15 is 0 Å². The zero-order valence-electron chi connectivity index (χ0n) is 17.8. The van der Waals surface area contributed by atoms with Crippen molar-refractivity contribution in [2.45, 2.75) is 0 Å². The van der Waals surface area contributed by atoms with Crippen molar-refractivity contribution >= 4 is 52.0 Å². The summed E-state index contributed by atoms with van der Waals surface area (Å²) in [6.07, 6.45) is 3.03. The van der Waals surface area contributed by atoms with E-state index in [0.29, 0.717) is 22.2 Å². The summed E-state index contributed by atoms with van der Waals surface area (Å²) in [4.78, 5) is 36.4. The second-order valence-electron chi connectivity index (χ2n) is 7.22. The van der Waals surface area contributed by atoms with Crippen LogP contribution in [0.2, 0.25) is 0 Å². The van der Waals surface area contributed by atoms with Gasteiger partial charge in [0.15, 0.2) is 10.8 Å². The molecule has 0 aliphatic carbocycles. The van der Waals surface area contributed by atoms with Gasteiger partial charge in [-0.15, -0.1) is 11.3 Å². The molecule has 172 valence electrons. The number of amides is 1. The number of hydrogen-bond acceptors (Lipinski definition) is 9. The van der Waals surface area contributed by atoms with Gasteiger partial charge in [-0.05, 0) is 42.5 Å². The first-order valence-corrected chi connectivity index (χ1v) is 11.1. The minimum absolute atomic E-state index is 0.0740. The Hall–Kier alpha value is -4.90. The van der Waals surface area contributed by atoms with Crippen molar-refractivity contribution in [2.75, 3.05) is 5.32 Å². The molecule has 0 saturated heterocycles. The molecule has 0 bridgehead atoms. The Morgan fingerprint density at radius 1 is 1.03 bits per heavy atom. The molecule has 0 saturated carbocycles. The number of nitrogens with zero attached hydrogens (tertiary/aromatic N) is 4. The first-order chi connectivity index (χ1) is 17.0. The fourth-order valence-electron chi connectivity index (χ4n) is 3.30. The van der Waals surface area contributed by atoms with Crippen LogP contribution in [0.15, 0.2) is 70.5 Å². The van der Waals surface area contributed by atoms with E-state index in [1.165, 1.54) is 24.3 Å². The second-order valence-corrected chi connectivity index (χ2v) is 8.08. The van der Waals surface area contributed by atoms with E-state index in [-0.39, 0.29) is 34.0 Å². The standard InChI is InChI=1S/C24H15N5O5S/c30-19-8-4-2-5-15(19)18-13-35-24(26-18)23(31)28-22-16-6-1-3-7-17(16)25-20(27-22)11-9-14-10-12-21(34-14)29(32)33/h1-13,30H,(H,25,27,28,31). The van der Waals surface area contributed by atoms with E-state index in [1.54, 1.807) is 47.8 Å². The van der Waals surface area contributed by atoms with Crippen LogP contribution < -0.4 is 5.32 Å². The van der Waals surface area contributed by atoms with Gasteiger partial charge in [0, 0.05) is 16.3 Å². The number of fused-ring (bicyclic) bond motifs is 1. The number of hydrogen-bond donors (Lipinski definition) is 2. The number of nitro groups is 1. The Morgan fingerprint density at radius 2 is 1.83 bits per heavy atom. The van der Waals surface area contributed by atoms with E-state index in [2.05, 4.69) is 20.3 Å². The molecule has 0 fully saturated rings. The van der Waals surface area contributed by atoms with Crippen molar-refractivity contribution in [2.24, 2.45) is 0 Å². The Balaban J connectivity index is 1.43. The van der Waals surface area contributed by atoms with Gasteiger partial charge >= 0.3 is 5.88 Å². The first-order valence-electron chi connectivity index (χ1n) is 10.2. The lowest BCUT2D eigenvalue weighted by Gasteiger charge is -2.07. The van der Waals surface area contributed by atoms with Gasteiger partial charge in [-0.25, -0.2) is 15.0 Å². The number of para-hydroxylation sites is 2. The van der Waals surface area contributed by atoms with Crippen LogP contribution in [-0.4, -0.2) is 30.9 Å². The summed E-state index contributed by atoms with van der Waals surface area (Å²) in [5.41, 5.74) is 1.61. The van der Waals surface area contributed by atoms with Crippen molar-refractivity contribution in [3.63, 3.8) is 0 Å². The number of anilines is 1. The summed E-state index contributed by atoms with van der Waals surface area (Å²) in [5.74, 6) is 0.0567. The molecule has 5 rings (SSSR count). The molecule has 0 spiro atoms. The first kappa shape index (κ1) is 21.9. The summed E-state index contributed by atoms with van der Waals surface area (Å²) >= 11 is 1.14. The van der Waals surface area contributed by atoms with Crippen LogP contribution in [-0.2, 0) is 0 Å². The molecular formula is C24H15N5O5S. The largest absolute Gasteiger partial charge is 0.507 e. The SMILES string of the molecule is O=C(Nc1nc(C=Cc2ccc([N+](=O)[O-])o2)nc2ccccc12)c1nc(-c2ccccc2O)cs1. The number of phenols is 1. The van der Waals surface area contributed by atoms with Gasteiger partial charge in [0.1, 0.15) is 22.3 Å². The van der Waals surface area contributed by atoms with Crippen molar-refractivity contribution < 1.29 is 19.2 Å². The summed E-state index contributed by atoms with van der Waals surface area (Å²) in [7, 11) is 0. The van der Waals surface area contributed by atoms with E-state index in [1.807, 2.05) is 6.07 Å². The lowest BCUT2D eigenvalue weighted by atomic mass is 10.1. The fourth-order valence-corrected chi connectivity index (χ4v) is 4.02. The van der Waals surface area contributed by atoms with Crippen LogP contribution in [0, 0.1) is 10.1 Å². The predicted molar refractivity (Wildman–Crippen MR) is 131 cm³/mol. The van der Waals surface area contributed by atoms with E-state index in [9.17, 15) is 20.0 Å². The van der Waals surface area contributed by atoms with Gasteiger partial charge in [0.05, 0.1) is 17.3 Å². The number of rotatable bonds is 6. The molecule has 0 radical (unpaired) electrons. The Kier molecular flexibility index (Phi) is 5.73. The van der Waals surface area contributed by atoms with Crippen molar-refractivity contribution in [1.82, 2.24) is 15.0 Å². The van der Waals surface area contributed by atoms with E-state index in [4.69, 9.17) is 4.42 Å². The minimum atomic E-state index is -0.624. The molecule has 0 unspecified atom stereocenters. The van der Waals surface area contributed by atoms with Gasteiger partial charge < -0.3 is 14.8 Å². The van der Waals surface area contributed by atoms with Crippen LogP contribution in [0.25, 0.3) is 34.3 Å². The third-order valence-electron chi connectivity index (χ3n) is 4.92. The molecule has 0 atom stereocenters.